The molecular formula is C10H14ClNO3. The zero-order valence-corrected chi connectivity index (χ0v) is 9.68. The number of nitrogens with one attached hydrogen (secondary N) is 1. The molecule has 0 aliphatic carbocycles. The Kier molecular flexibility index (Phi) is 4.20. The number of ether oxygens (including phenoxy) is 1. The number of hydroxylamine groups is 1. The van der Waals surface area contributed by atoms with E-state index in [0.29, 0.717) is 12.3 Å². The summed E-state index contributed by atoms with van der Waals surface area (Å²) in [6, 6.07) is 1.73. The summed E-state index contributed by atoms with van der Waals surface area (Å²) in [6.07, 6.45) is 0. The van der Waals surface area contributed by atoms with E-state index in [2.05, 4.69) is 5.48 Å². The topological polar surface area (TPSA) is 50.7 Å². The number of aryl methyl sites for hydroxylation is 1. The maximum absolute atomic E-state index is 9.68. The lowest BCUT2D eigenvalue weighted by molar-refractivity contribution is 0.0865. The Balaban J connectivity index is 3.11. The molecule has 0 bridgehead atoms. The Labute approximate surface area is 93.7 Å². The van der Waals surface area contributed by atoms with Crippen molar-refractivity contribution < 1.29 is 14.7 Å². The van der Waals surface area contributed by atoms with Crippen LogP contribution in [0.5, 0.6) is 11.5 Å². The highest BCUT2D eigenvalue weighted by Crippen LogP contribution is 2.38. The number of aromatic hydroxyl groups is 1. The summed E-state index contributed by atoms with van der Waals surface area (Å²) in [7, 11) is 3.00. The zero-order chi connectivity index (χ0) is 11.4. The van der Waals surface area contributed by atoms with Crippen LogP contribution in [-0.4, -0.2) is 19.3 Å². The number of methoxy groups -OCH3 is 1. The lowest BCUT2D eigenvalue weighted by Gasteiger charge is -2.13. The van der Waals surface area contributed by atoms with Gasteiger partial charge in [0.1, 0.15) is 0 Å². The van der Waals surface area contributed by atoms with Crippen molar-refractivity contribution in [3.05, 3.63) is 22.2 Å². The Bertz CT molecular complexity index is 355. The van der Waals surface area contributed by atoms with Crippen LogP contribution in [0, 0.1) is 6.92 Å². The summed E-state index contributed by atoms with van der Waals surface area (Å²) in [6.45, 7) is 2.32. The van der Waals surface area contributed by atoms with E-state index in [-0.39, 0.29) is 10.8 Å². The van der Waals surface area contributed by atoms with Gasteiger partial charge in [0, 0.05) is 6.54 Å². The van der Waals surface area contributed by atoms with Crippen LogP contribution in [-0.2, 0) is 11.4 Å². The molecule has 0 aromatic heterocycles. The van der Waals surface area contributed by atoms with Crippen LogP contribution < -0.4 is 10.2 Å². The molecule has 0 heterocycles. The highest BCUT2D eigenvalue weighted by molar-refractivity contribution is 6.33. The molecule has 0 fully saturated rings. The van der Waals surface area contributed by atoms with E-state index in [1.54, 1.807) is 6.07 Å². The van der Waals surface area contributed by atoms with Crippen molar-refractivity contribution >= 4 is 11.6 Å². The molecule has 0 saturated carbocycles. The van der Waals surface area contributed by atoms with Crippen molar-refractivity contribution in [2.45, 2.75) is 13.5 Å². The monoisotopic (exact) mass is 231 g/mol. The number of halogens is 1. The molecule has 4 nitrogen and oxygen atoms in total. The van der Waals surface area contributed by atoms with Crippen molar-refractivity contribution in [2.75, 3.05) is 14.2 Å². The summed E-state index contributed by atoms with van der Waals surface area (Å²) in [5.74, 6) is 0.330. The molecule has 15 heavy (non-hydrogen) atoms. The van der Waals surface area contributed by atoms with E-state index in [0.717, 1.165) is 11.1 Å². The summed E-state index contributed by atoms with van der Waals surface area (Å²) in [5.41, 5.74) is 4.39. The molecular weight excluding hydrogens is 218 g/mol. The lowest BCUT2D eigenvalue weighted by atomic mass is 10.1. The molecule has 0 saturated heterocycles. The van der Waals surface area contributed by atoms with Gasteiger partial charge in [0.05, 0.1) is 19.2 Å². The summed E-state index contributed by atoms with van der Waals surface area (Å²) in [4.78, 5) is 4.73. The predicted octanol–water partition coefficient (Wildman–Crippen LogP) is 2.01. The van der Waals surface area contributed by atoms with Crippen LogP contribution in [0.4, 0.5) is 0 Å². The number of rotatable bonds is 4. The molecule has 2 N–H and O–H groups in total. The second-order valence-electron chi connectivity index (χ2n) is 3.06. The first-order valence-corrected chi connectivity index (χ1v) is 4.80. The third-order valence-electron chi connectivity index (χ3n) is 2.14. The smallest absolute Gasteiger partial charge is 0.177 e. The average molecular weight is 232 g/mol. The summed E-state index contributed by atoms with van der Waals surface area (Å²) < 4.78 is 4.98. The number of phenolic OH excluding ortho intramolecular Hbond substituents is 1. The molecule has 0 aliphatic rings. The highest BCUT2D eigenvalue weighted by atomic mass is 35.5. The fourth-order valence-electron chi connectivity index (χ4n) is 1.29. The van der Waals surface area contributed by atoms with Crippen LogP contribution in [0.15, 0.2) is 6.07 Å². The van der Waals surface area contributed by atoms with E-state index in [1.807, 2.05) is 6.92 Å². The molecule has 1 aromatic rings. The van der Waals surface area contributed by atoms with Crippen molar-refractivity contribution in [3.8, 4) is 11.5 Å². The number of hydrogen-bond donors (Lipinski definition) is 2. The van der Waals surface area contributed by atoms with Crippen LogP contribution in [0.2, 0.25) is 5.02 Å². The van der Waals surface area contributed by atoms with E-state index >= 15 is 0 Å². The normalized spacial score (nSPS) is 10.4. The number of hydrogen-bond acceptors (Lipinski definition) is 4. The average Bonchev–Trinajstić information content (AvgIpc) is 2.23. The fraction of sp³-hybridized carbons (Fsp3) is 0.400. The molecule has 0 radical (unpaired) electrons. The molecule has 84 valence electrons. The van der Waals surface area contributed by atoms with Crippen LogP contribution >= 0.6 is 11.6 Å². The molecule has 0 spiro atoms. The maximum Gasteiger partial charge on any atom is 0.177 e. The molecule has 0 unspecified atom stereocenters. The van der Waals surface area contributed by atoms with Gasteiger partial charge in [0.25, 0.3) is 0 Å². The first kappa shape index (κ1) is 12.1. The van der Waals surface area contributed by atoms with Crippen molar-refractivity contribution in [2.24, 2.45) is 0 Å². The predicted molar refractivity (Wildman–Crippen MR) is 58.3 cm³/mol. The molecule has 0 atom stereocenters. The van der Waals surface area contributed by atoms with Gasteiger partial charge in [-0.2, -0.15) is 5.48 Å². The standard InChI is InChI=1S/C10H14ClNO3/c1-6-4-8(14-2)10(13)9(11)7(6)5-12-15-3/h4,12-13H,5H2,1-3H3. The van der Waals surface area contributed by atoms with Gasteiger partial charge < -0.3 is 14.7 Å². The van der Waals surface area contributed by atoms with Crippen LogP contribution in [0.25, 0.3) is 0 Å². The lowest BCUT2D eigenvalue weighted by Crippen LogP contribution is -2.12. The summed E-state index contributed by atoms with van der Waals surface area (Å²) >= 11 is 5.99. The first-order valence-electron chi connectivity index (χ1n) is 4.42. The van der Waals surface area contributed by atoms with Crippen LogP contribution in [0.3, 0.4) is 0 Å². The van der Waals surface area contributed by atoms with Gasteiger partial charge in [-0.05, 0) is 24.1 Å². The second kappa shape index (κ2) is 5.21. The zero-order valence-electron chi connectivity index (χ0n) is 8.93. The minimum Gasteiger partial charge on any atom is -0.503 e. The molecule has 5 heteroatoms. The third kappa shape index (κ3) is 2.53. The SMILES string of the molecule is CONCc1c(C)cc(OC)c(O)c1Cl. The quantitative estimate of drug-likeness (QED) is 0.779. The van der Waals surface area contributed by atoms with Gasteiger partial charge in [0.2, 0.25) is 0 Å². The van der Waals surface area contributed by atoms with Gasteiger partial charge in [-0.1, -0.05) is 11.6 Å². The number of phenols is 1. The minimum absolute atomic E-state index is 0.0438. The van der Waals surface area contributed by atoms with Gasteiger partial charge in [-0.15, -0.1) is 0 Å². The highest BCUT2D eigenvalue weighted by Gasteiger charge is 2.14. The molecule has 0 amide bonds. The molecule has 1 rings (SSSR count). The maximum atomic E-state index is 9.68. The Morgan fingerprint density at radius 1 is 1.47 bits per heavy atom. The van der Waals surface area contributed by atoms with E-state index in [9.17, 15) is 5.11 Å². The van der Waals surface area contributed by atoms with Gasteiger partial charge in [0.15, 0.2) is 11.5 Å². The Hall–Kier alpha value is -0.970. The van der Waals surface area contributed by atoms with E-state index in [4.69, 9.17) is 21.2 Å². The van der Waals surface area contributed by atoms with E-state index < -0.39 is 0 Å². The largest absolute Gasteiger partial charge is 0.503 e. The third-order valence-corrected chi connectivity index (χ3v) is 2.55. The van der Waals surface area contributed by atoms with Gasteiger partial charge >= 0.3 is 0 Å². The second-order valence-corrected chi connectivity index (χ2v) is 3.44. The minimum atomic E-state index is -0.0438. The Morgan fingerprint density at radius 3 is 2.67 bits per heavy atom. The first-order chi connectivity index (χ1) is 7.11. The number of benzene rings is 1. The van der Waals surface area contributed by atoms with Crippen LogP contribution in [0.1, 0.15) is 11.1 Å². The van der Waals surface area contributed by atoms with Crippen molar-refractivity contribution in [1.82, 2.24) is 5.48 Å². The molecule has 1 aromatic carbocycles. The van der Waals surface area contributed by atoms with Crippen molar-refractivity contribution in [3.63, 3.8) is 0 Å². The van der Waals surface area contributed by atoms with Gasteiger partial charge in [-0.25, -0.2) is 0 Å². The molecule has 0 aliphatic heterocycles. The summed E-state index contributed by atoms with van der Waals surface area (Å²) in [5, 5.41) is 9.96. The van der Waals surface area contributed by atoms with Crippen molar-refractivity contribution in [1.29, 1.82) is 0 Å². The Morgan fingerprint density at radius 2 is 2.13 bits per heavy atom. The van der Waals surface area contributed by atoms with E-state index in [1.165, 1.54) is 14.2 Å². The van der Waals surface area contributed by atoms with Gasteiger partial charge in [-0.3, -0.25) is 0 Å². The fourth-order valence-corrected chi connectivity index (χ4v) is 1.60.